The van der Waals surface area contributed by atoms with Crippen LogP contribution in [0.15, 0.2) is 48.5 Å². The van der Waals surface area contributed by atoms with Crippen LogP contribution in [0.1, 0.15) is 50.8 Å². The molecule has 0 saturated heterocycles. The van der Waals surface area contributed by atoms with Crippen LogP contribution in [0.25, 0.3) is 0 Å². The third-order valence-electron chi connectivity index (χ3n) is 5.17. The number of carbonyl (C=O) groups is 1. The fourth-order valence-corrected chi connectivity index (χ4v) is 2.88. The lowest BCUT2D eigenvalue weighted by atomic mass is 9.98. The highest BCUT2D eigenvalue weighted by atomic mass is 16.5. The molecule has 0 saturated carbocycles. The van der Waals surface area contributed by atoms with E-state index in [2.05, 4.69) is 10.6 Å². The van der Waals surface area contributed by atoms with Gasteiger partial charge in [-0.05, 0) is 43.0 Å². The SMILES string of the molecule is CCC(O)(CC)CNC(=O)N[C@@H](C)c1ccc(OCc2ccccc2)c(OC)c1. The van der Waals surface area contributed by atoms with Gasteiger partial charge in [0.2, 0.25) is 0 Å². The summed E-state index contributed by atoms with van der Waals surface area (Å²) in [6, 6.07) is 15.0. The van der Waals surface area contributed by atoms with Crippen molar-refractivity contribution in [1.82, 2.24) is 10.6 Å². The summed E-state index contributed by atoms with van der Waals surface area (Å²) in [5.74, 6) is 1.26. The molecule has 0 heterocycles. The molecule has 158 valence electrons. The zero-order valence-corrected chi connectivity index (χ0v) is 17.7. The molecule has 6 nitrogen and oxygen atoms in total. The quantitative estimate of drug-likeness (QED) is 0.559. The first-order valence-corrected chi connectivity index (χ1v) is 10.0. The highest BCUT2D eigenvalue weighted by Crippen LogP contribution is 2.31. The molecule has 0 spiro atoms. The van der Waals surface area contributed by atoms with E-state index in [4.69, 9.17) is 9.47 Å². The Hall–Kier alpha value is -2.73. The maximum absolute atomic E-state index is 12.2. The lowest BCUT2D eigenvalue weighted by Gasteiger charge is -2.26. The maximum atomic E-state index is 12.2. The largest absolute Gasteiger partial charge is 0.493 e. The predicted octanol–water partition coefficient (Wildman–Crippen LogP) is 4.19. The van der Waals surface area contributed by atoms with Gasteiger partial charge in [0.1, 0.15) is 6.61 Å². The van der Waals surface area contributed by atoms with Crippen molar-refractivity contribution in [3.05, 3.63) is 59.7 Å². The topological polar surface area (TPSA) is 79.8 Å². The Kier molecular flexibility index (Phi) is 8.34. The zero-order valence-electron chi connectivity index (χ0n) is 17.7. The highest BCUT2D eigenvalue weighted by Gasteiger charge is 2.23. The molecule has 2 rings (SSSR count). The molecule has 0 bridgehead atoms. The van der Waals surface area contributed by atoms with Crippen LogP contribution in [-0.2, 0) is 6.61 Å². The molecule has 0 aromatic heterocycles. The number of aliphatic hydroxyl groups is 1. The van der Waals surface area contributed by atoms with Crippen LogP contribution in [0.3, 0.4) is 0 Å². The Labute approximate surface area is 173 Å². The van der Waals surface area contributed by atoms with Gasteiger partial charge >= 0.3 is 6.03 Å². The van der Waals surface area contributed by atoms with Crippen LogP contribution in [0.5, 0.6) is 11.5 Å². The van der Waals surface area contributed by atoms with Gasteiger partial charge in [-0.2, -0.15) is 0 Å². The fraction of sp³-hybridized carbons (Fsp3) is 0.435. The van der Waals surface area contributed by atoms with Gasteiger partial charge in [-0.3, -0.25) is 0 Å². The van der Waals surface area contributed by atoms with E-state index in [1.54, 1.807) is 7.11 Å². The number of hydrogen-bond donors (Lipinski definition) is 3. The molecule has 0 aliphatic rings. The number of nitrogens with one attached hydrogen (secondary N) is 2. The number of hydrogen-bond acceptors (Lipinski definition) is 4. The Morgan fingerprint density at radius 3 is 2.41 bits per heavy atom. The lowest BCUT2D eigenvalue weighted by Crippen LogP contribution is -2.46. The molecule has 0 fully saturated rings. The number of ether oxygens (including phenoxy) is 2. The molecule has 2 aromatic rings. The molecular formula is C23H32N2O4. The average molecular weight is 401 g/mol. The van der Waals surface area contributed by atoms with Gasteiger partial charge in [-0.25, -0.2) is 4.79 Å². The average Bonchev–Trinajstić information content (AvgIpc) is 2.76. The van der Waals surface area contributed by atoms with E-state index in [-0.39, 0.29) is 18.6 Å². The van der Waals surface area contributed by atoms with Crippen molar-refractivity contribution in [2.45, 2.75) is 51.9 Å². The first-order chi connectivity index (χ1) is 13.9. The summed E-state index contributed by atoms with van der Waals surface area (Å²) in [5, 5.41) is 15.9. The number of amides is 2. The van der Waals surface area contributed by atoms with Gasteiger partial charge in [-0.1, -0.05) is 50.2 Å². The number of benzene rings is 2. The Morgan fingerprint density at radius 1 is 1.10 bits per heavy atom. The predicted molar refractivity (Wildman–Crippen MR) is 114 cm³/mol. The number of methoxy groups -OCH3 is 1. The Bertz CT molecular complexity index is 776. The molecule has 6 heteroatoms. The van der Waals surface area contributed by atoms with Crippen molar-refractivity contribution < 1.29 is 19.4 Å². The van der Waals surface area contributed by atoms with Gasteiger partial charge < -0.3 is 25.2 Å². The van der Waals surface area contributed by atoms with Crippen molar-refractivity contribution in [2.24, 2.45) is 0 Å². The van der Waals surface area contributed by atoms with E-state index in [1.807, 2.05) is 69.3 Å². The van der Waals surface area contributed by atoms with Crippen LogP contribution >= 0.6 is 0 Å². The molecule has 1 atom stereocenters. The minimum Gasteiger partial charge on any atom is -0.493 e. The van der Waals surface area contributed by atoms with E-state index < -0.39 is 5.60 Å². The van der Waals surface area contributed by atoms with Crippen LogP contribution in [-0.4, -0.2) is 30.4 Å². The number of urea groups is 1. The monoisotopic (exact) mass is 400 g/mol. The lowest BCUT2D eigenvalue weighted by molar-refractivity contribution is 0.0349. The molecule has 0 radical (unpaired) electrons. The first kappa shape index (κ1) is 22.6. The summed E-state index contributed by atoms with van der Waals surface area (Å²) in [6.45, 7) is 6.36. The Balaban J connectivity index is 1.96. The van der Waals surface area contributed by atoms with Crippen molar-refractivity contribution in [3.63, 3.8) is 0 Å². The van der Waals surface area contributed by atoms with Gasteiger partial charge in [0, 0.05) is 6.54 Å². The van der Waals surface area contributed by atoms with Crippen LogP contribution < -0.4 is 20.1 Å². The van der Waals surface area contributed by atoms with Crippen molar-refractivity contribution >= 4 is 6.03 Å². The van der Waals surface area contributed by atoms with E-state index >= 15 is 0 Å². The molecule has 3 N–H and O–H groups in total. The summed E-state index contributed by atoms with van der Waals surface area (Å²) >= 11 is 0. The number of carbonyl (C=O) groups excluding carboxylic acids is 1. The van der Waals surface area contributed by atoms with E-state index in [9.17, 15) is 9.90 Å². The summed E-state index contributed by atoms with van der Waals surface area (Å²) in [7, 11) is 1.59. The second-order valence-corrected chi connectivity index (χ2v) is 7.16. The molecule has 0 aliphatic carbocycles. The van der Waals surface area contributed by atoms with Gasteiger partial charge in [0.15, 0.2) is 11.5 Å². The standard InChI is InChI=1S/C23H32N2O4/c1-5-23(27,6-2)16-24-22(26)25-17(3)19-12-13-20(21(14-19)28-4)29-15-18-10-8-7-9-11-18/h7-14,17,27H,5-6,15-16H2,1-4H3,(H2,24,25,26)/t17-/m0/s1. The molecule has 0 unspecified atom stereocenters. The summed E-state index contributed by atoms with van der Waals surface area (Å²) in [5.41, 5.74) is 1.09. The second kappa shape index (κ2) is 10.7. The zero-order chi connectivity index (χ0) is 21.3. The molecule has 29 heavy (non-hydrogen) atoms. The minimum atomic E-state index is -0.873. The maximum Gasteiger partial charge on any atom is 0.315 e. The summed E-state index contributed by atoms with van der Waals surface area (Å²) in [6.07, 6.45) is 1.17. The van der Waals surface area contributed by atoms with Crippen molar-refractivity contribution in [1.29, 1.82) is 0 Å². The number of rotatable bonds is 10. The first-order valence-electron chi connectivity index (χ1n) is 10.0. The van der Waals surface area contributed by atoms with Crippen LogP contribution in [0.2, 0.25) is 0 Å². The van der Waals surface area contributed by atoms with Crippen LogP contribution in [0, 0.1) is 0 Å². The van der Waals surface area contributed by atoms with Crippen LogP contribution in [0.4, 0.5) is 4.79 Å². The highest BCUT2D eigenvalue weighted by molar-refractivity contribution is 5.74. The minimum absolute atomic E-state index is 0.216. The van der Waals surface area contributed by atoms with Crippen molar-refractivity contribution in [2.75, 3.05) is 13.7 Å². The molecule has 2 aromatic carbocycles. The van der Waals surface area contributed by atoms with Gasteiger partial charge in [-0.15, -0.1) is 0 Å². The van der Waals surface area contributed by atoms with E-state index in [1.165, 1.54) is 0 Å². The third-order valence-corrected chi connectivity index (χ3v) is 5.17. The smallest absolute Gasteiger partial charge is 0.315 e. The fourth-order valence-electron chi connectivity index (χ4n) is 2.88. The van der Waals surface area contributed by atoms with Gasteiger partial charge in [0.05, 0.1) is 18.8 Å². The molecular weight excluding hydrogens is 368 g/mol. The van der Waals surface area contributed by atoms with E-state index in [0.29, 0.717) is 30.9 Å². The van der Waals surface area contributed by atoms with Gasteiger partial charge in [0.25, 0.3) is 0 Å². The normalized spacial score (nSPS) is 12.2. The summed E-state index contributed by atoms with van der Waals surface area (Å²) in [4.78, 5) is 12.2. The molecule has 2 amide bonds. The van der Waals surface area contributed by atoms with Crippen molar-refractivity contribution in [3.8, 4) is 11.5 Å². The third kappa shape index (κ3) is 6.68. The second-order valence-electron chi connectivity index (χ2n) is 7.16. The van der Waals surface area contributed by atoms with E-state index in [0.717, 1.165) is 11.1 Å². The summed E-state index contributed by atoms with van der Waals surface area (Å²) < 4.78 is 11.3. The Morgan fingerprint density at radius 2 is 1.79 bits per heavy atom. The molecule has 0 aliphatic heterocycles.